The van der Waals surface area contributed by atoms with Gasteiger partial charge in [-0.25, -0.2) is 0 Å². The summed E-state index contributed by atoms with van der Waals surface area (Å²) in [5, 5.41) is 10.0. The van der Waals surface area contributed by atoms with Gasteiger partial charge in [0, 0.05) is 37.5 Å². The smallest absolute Gasteiger partial charge is 0.251 e. The van der Waals surface area contributed by atoms with Gasteiger partial charge >= 0.3 is 0 Å². The molecule has 0 spiro atoms. The Hall–Kier alpha value is -3.08. The average molecular weight is 320 g/mol. The Labute approximate surface area is 141 Å². The molecule has 0 saturated carbocycles. The zero-order chi connectivity index (χ0) is 16.9. The fourth-order valence-electron chi connectivity index (χ4n) is 2.49. The van der Waals surface area contributed by atoms with Gasteiger partial charge in [-0.1, -0.05) is 30.3 Å². The second-order valence-corrected chi connectivity index (χ2v) is 5.76. The molecule has 2 N–H and O–H groups in total. The quantitative estimate of drug-likeness (QED) is 0.759. The monoisotopic (exact) mass is 320 g/mol. The highest BCUT2D eigenvalue weighted by Crippen LogP contribution is 2.20. The van der Waals surface area contributed by atoms with Crippen LogP contribution in [-0.4, -0.2) is 30.2 Å². The summed E-state index contributed by atoms with van der Waals surface area (Å²) >= 11 is 0. The molecule has 0 aliphatic heterocycles. The van der Waals surface area contributed by atoms with E-state index in [4.69, 9.17) is 0 Å². The van der Waals surface area contributed by atoms with E-state index in [1.54, 1.807) is 6.20 Å². The minimum absolute atomic E-state index is 0.0967. The highest BCUT2D eigenvalue weighted by Gasteiger charge is 2.10. The van der Waals surface area contributed by atoms with E-state index in [9.17, 15) is 4.79 Å². The lowest BCUT2D eigenvalue weighted by Gasteiger charge is -2.12. The van der Waals surface area contributed by atoms with Crippen LogP contribution in [0, 0.1) is 0 Å². The van der Waals surface area contributed by atoms with Crippen molar-refractivity contribution in [2.45, 2.75) is 6.54 Å². The van der Waals surface area contributed by atoms with Gasteiger partial charge in [0.05, 0.1) is 11.9 Å². The number of benzene rings is 2. The fraction of sp³-hybridized carbons (Fsp3) is 0.158. The van der Waals surface area contributed by atoms with E-state index < -0.39 is 0 Å². The summed E-state index contributed by atoms with van der Waals surface area (Å²) in [6.45, 7) is 0.426. The van der Waals surface area contributed by atoms with Crippen molar-refractivity contribution in [3.63, 3.8) is 0 Å². The Bertz CT molecular complexity index is 807. The normalized spacial score (nSPS) is 10.4. The van der Waals surface area contributed by atoms with Crippen molar-refractivity contribution < 1.29 is 4.79 Å². The number of aromatic nitrogens is 2. The maximum absolute atomic E-state index is 12.3. The van der Waals surface area contributed by atoms with Crippen LogP contribution in [0.4, 0.5) is 5.69 Å². The number of hydrogen-bond donors (Lipinski definition) is 2. The molecule has 0 radical (unpaired) electrons. The topological polar surface area (TPSA) is 61.0 Å². The molecular weight excluding hydrogens is 300 g/mol. The molecular formula is C19H20N4O. The third-order valence-corrected chi connectivity index (χ3v) is 3.87. The van der Waals surface area contributed by atoms with Crippen LogP contribution in [-0.2, 0) is 6.54 Å². The Balaban J connectivity index is 1.68. The molecule has 122 valence electrons. The predicted molar refractivity (Wildman–Crippen MR) is 96.0 cm³/mol. The molecule has 3 aromatic rings. The van der Waals surface area contributed by atoms with Crippen LogP contribution < -0.4 is 10.2 Å². The van der Waals surface area contributed by atoms with Gasteiger partial charge in [0.1, 0.15) is 0 Å². The molecule has 1 aromatic heterocycles. The molecule has 5 nitrogen and oxygen atoms in total. The van der Waals surface area contributed by atoms with Crippen molar-refractivity contribution in [2.24, 2.45) is 0 Å². The van der Waals surface area contributed by atoms with E-state index in [1.165, 1.54) is 0 Å². The number of carbonyl (C=O) groups excluding carboxylic acids is 1. The Morgan fingerprint density at radius 1 is 1.08 bits per heavy atom. The summed E-state index contributed by atoms with van der Waals surface area (Å²) in [6, 6.07) is 17.5. The van der Waals surface area contributed by atoms with Gasteiger partial charge in [-0.15, -0.1) is 0 Å². The van der Waals surface area contributed by atoms with Crippen molar-refractivity contribution in [3.05, 3.63) is 71.9 Å². The van der Waals surface area contributed by atoms with E-state index >= 15 is 0 Å². The van der Waals surface area contributed by atoms with Crippen molar-refractivity contribution in [3.8, 4) is 11.3 Å². The molecule has 0 atom stereocenters. The third-order valence-electron chi connectivity index (χ3n) is 3.87. The zero-order valence-corrected chi connectivity index (χ0v) is 13.8. The molecule has 24 heavy (non-hydrogen) atoms. The van der Waals surface area contributed by atoms with Crippen LogP contribution in [0.25, 0.3) is 11.3 Å². The maximum atomic E-state index is 12.3. The van der Waals surface area contributed by atoms with Crippen LogP contribution in [0.2, 0.25) is 0 Å². The number of anilines is 1. The lowest BCUT2D eigenvalue weighted by molar-refractivity contribution is 0.0951. The van der Waals surface area contributed by atoms with Crippen molar-refractivity contribution >= 4 is 11.6 Å². The van der Waals surface area contributed by atoms with Gasteiger partial charge in [-0.3, -0.25) is 9.89 Å². The van der Waals surface area contributed by atoms with Crippen LogP contribution in [0.5, 0.6) is 0 Å². The number of nitrogens with zero attached hydrogens (tertiary/aromatic N) is 2. The number of rotatable bonds is 5. The van der Waals surface area contributed by atoms with Gasteiger partial charge in [0.2, 0.25) is 0 Å². The van der Waals surface area contributed by atoms with Crippen molar-refractivity contribution in [2.75, 3.05) is 19.0 Å². The molecule has 0 unspecified atom stereocenters. The summed E-state index contributed by atoms with van der Waals surface area (Å²) in [5.74, 6) is -0.0967. The largest absolute Gasteiger partial charge is 0.378 e. The zero-order valence-electron chi connectivity index (χ0n) is 13.8. The van der Waals surface area contributed by atoms with Crippen molar-refractivity contribution in [1.82, 2.24) is 15.5 Å². The molecule has 0 fully saturated rings. The van der Waals surface area contributed by atoms with Crippen LogP contribution in [0.3, 0.4) is 0 Å². The Morgan fingerprint density at radius 3 is 2.46 bits per heavy atom. The first-order valence-electron chi connectivity index (χ1n) is 7.78. The van der Waals surface area contributed by atoms with E-state index in [-0.39, 0.29) is 5.91 Å². The second kappa shape index (κ2) is 7.00. The maximum Gasteiger partial charge on any atom is 0.251 e. The van der Waals surface area contributed by atoms with E-state index in [2.05, 4.69) is 15.5 Å². The van der Waals surface area contributed by atoms with E-state index in [0.717, 1.165) is 22.5 Å². The van der Waals surface area contributed by atoms with E-state index in [0.29, 0.717) is 12.1 Å². The minimum Gasteiger partial charge on any atom is -0.378 e. The first-order chi connectivity index (χ1) is 11.6. The number of H-pyrrole nitrogens is 1. The Kier molecular flexibility index (Phi) is 4.61. The average Bonchev–Trinajstić information content (AvgIpc) is 3.09. The first kappa shape index (κ1) is 15.8. The number of aromatic amines is 1. The number of carbonyl (C=O) groups is 1. The molecule has 1 heterocycles. The lowest BCUT2D eigenvalue weighted by atomic mass is 10.1. The highest BCUT2D eigenvalue weighted by molar-refractivity contribution is 5.94. The van der Waals surface area contributed by atoms with Gasteiger partial charge in [-0.05, 0) is 29.8 Å². The highest BCUT2D eigenvalue weighted by atomic mass is 16.1. The second-order valence-electron chi connectivity index (χ2n) is 5.76. The molecule has 0 bridgehead atoms. The number of nitrogens with one attached hydrogen (secondary N) is 2. The van der Waals surface area contributed by atoms with Crippen LogP contribution in [0.1, 0.15) is 15.9 Å². The van der Waals surface area contributed by atoms with Gasteiger partial charge in [-0.2, -0.15) is 5.10 Å². The lowest BCUT2D eigenvalue weighted by Crippen LogP contribution is -2.23. The summed E-state index contributed by atoms with van der Waals surface area (Å²) < 4.78 is 0. The SMILES string of the molecule is CN(C)c1ccc(C(=O)NCc2cn[nH]c2-c2ccccc2)cc1. The number of amides is 1. The third kappa shape index (κ3) is 3.46. The molecule has 5 heteroatoms. The fourth-order valence-corrected chi connectivity index (χ4v) is 2.49. The Morgan fingerprint density at radius 2 is 1.79 bits per heavy atom. The summed E-state index contributed by atoms with van der Waals surface area (Å²) in [4.78, 5) is 14.3. The molecule has 0 aliphatic rings. The van der Waals surface area contributed by atoms with Crippen LogP contribution >= 0.6 is 0 Å². The molecule has 3 rings (SSSR count). The molecule has 0 saturated heterocycles. The van der Waals surface area contributed by atoms with Gasteiger partial charge < -0.3 is 10.2 Å². The van der Waals surface area contributed by atoms with Gasteiger partial charge in [0.15, 0.2) is 0 Å². The number of hydrogen-bond acceptors (Lipinski definition) is 3. The standard InChI is InChI=1S/C19H20N4O/c1-23(2)17-10-8-15(9-11-17)19(24)20-12-16-13-21-22-18(16)14-6-4-3-5-7-14/h3-11,13H,12H2,1-2H3,(H,20,24)(H,21,22). The first-order valence-corrected chi connectivity index (χ1v) is 7.78. The molecule has 0 aliphatic carbocycles. The summed E-state index contributed by atoms with van der Waals surface area (Å²) in [5.41, 5.74) is 4.64. The predicted octanol–water partition coefficient (Wildman–Crippen LogP) is 3.07. The van der Waals surface area contributed by atoms with Crippen LogP contribution in [0.15, 0.2) is 60.8 Å². The molecule has 1 amide bonds. The summed E-state index contributed by atoms with van der Waals surface area (Å²) in [7, 11) is 3.94. The van der Waals surface area contributed by atoms with Crippen molar-refractivity contribution in [1.29, 1.82) is 0 Å². The summed E-state index contributed by atoms with van der Waals surface area (Å²) in [6.07, 6.45) is 1.75. The van der Waals surface area contributed by atoms with E-state index in [1.807, 2.05) is 73.6 Å². The minimum atomic E-state index is -0.0967. The molecule has 2 aromatic carbocycles. The van der Waals surface area contributed by atoms with Gasteiger partial charge in [0.25, 0.3) is 5.91 Å².